The molecule has 0 N–H and O–H groups in total. The summed E-state index contributed by atoms with van der Waals surface area (Å²) in [5.74, 6) is 0.396. The van der Waals surface area contributed by atoms with Gasteiger partial charge < -0.3 is 0 Å². The van der Waals surface area contributed by atoms with E-state index in [4.69, 9.17) is 0 Å². The van der Waals surface area contributed by atoms with Gasteiger partial charge in [-0.3, -0.25) is 4.79 Å². The molecule has 0 heterocycles. The van der Waals surface area contributed by atoms with Gasteiger partial charge in [0.15, 0.2) is 5.78 Å². The van der Waals surface area contributed by atoms with Crippen molar-refractivity contribution < 1.29 is 13.2 Å². The van der Waals surface area contributed by atoms with E-state index >= 15 is 0 Å². The number of hydrogen-bond acceptors (Lipinski definition) is 3. The molecule has 0 aromatic heterocycles. The number of carbonyl (C=O) groups is 1. The summed E-state index contributed by atoms with van der Waals surface area (Å²) in [6.07, 6.45) is 5.71. The summed E-state index contributed by atoms with van der Waals surface area (Å²) in [6, 6.07) is 0. The lowest BCUT2D eigenvalue weighted by molar-refractivity contribution is -0.114. The van der Waals surface area contributed by atoms with E-state index in [2.05, 4.69) is 0 Å². The highest BCUT2D eigenvalue weighted by Crippen LogP contribution is 2.19. The molecular formula is C9H14O3S. The smallest absolute Gasteiger partial charge is 0.155 e. The Bertz CT molecular complexity index is 325. The van der Waals surface area contributed by atoms with E-state index in [0.29, 0.717) is 12.8 Å². The Morgan fingerprint density at radius 3 is 2.54 bits per heavy atom. The highest BCUT2D eigenvalue weighted by Gasteiger charge is 2.12. The minimum absolute atomic E-state index is 0.175. The van der Waals surface area contributed by atoms with Gasteiger partial charge in [-0.05, 0) is 25.3 Å². The third kappa shape index (κ3) is 4.22. The molecular weight excluding hydrogens is 188 g/mol. The van der Waals surface area contributed by atoms with Gasteiger partial charge in [0.05, 0.1) is 5.75 Å². The fraction of sp³-hybridized carbons (Fsp3) is 0.667. The Labute approximate surface area is 78.8 Å². The lowest BCUT2D eigenvalue weighted by Gasteiger charge is -1.99. The quantitative estimate of drug-likeness (QED) is 0.686. The number of allylic oxidation sites excluding steroid dienone is 2. The van der Waals surface area contributed by atoms with Crippen LogP contribution in [0.4, 0.5) is 0 Å². The van der Waals surface area contributed by atoms with Crippen molar-refractivity contribution in [1.82, 2.24) is 0 Å². The molecule has 3 nitrogen and oxygen atoms in total. The summed E-state index contributed by atoms with van der Waals surface area (Å²) in [7, 11) is -2.84. The van der Waals surface area contributed by atoms with E-state index in [-0.39, 0.29) is 11.5 Å². The molecule has 0 unspecified atom stereocenters. The van der Waals surface area contributed by atoms with Gasteiger partial charge in [-0.2, -0.15) is 0 Å². The largest absolute Gasteiger partial charge is 0.295 e. The van der Waals surface area contributed by atoms with Crippen molar-refractivity contribution >= 4 is 15.6 Å². The van der Waals surface area contributed by atoms with Crippen LogP contribution >= 0.6 is 0 Å². The standard InChI is InChI=1S/C9H14O3S/c1-13(11,12)6-2-3-8-4-5-9(10)7-8/h7H,2-6H2,1H3. The van der Waals surface area contributed by atoms with Gasteiger partial charge in [-0.25, -0.2) is 8.42 Å². The second-order valence-corrected chi connectivity index (χ2v) is 5.76. The monoisotopic (exact) mass is 202 g/mol. The van der Waals surface area contributed by atoms with Crippen LogP contribution in [0.25, 0.3) is 0 Å². The zero-order chi connectivity index (χ0) is 9.90. The number of ketones is 1. The van der Waals surface area contributed by atoms with E-state index in [1.165, 1.54) is 6.26 Å². The van der Waals surface area contributed by atoms with E-state index < -0.39 is 9.84 Å². The van der Waals surface area contributed by atoms with Gasteiger partial charge in [0.25, 0.3) is 0 Å². The maximum Gasteiger partial charge on any atom is 0.155 e. The molecule has 0 radical (unpaired) electrons. The SMILES string of the molecule is CS(=O)(=O)CCCC1=CC(=O)CC1. The van der Waals surface area contributed by atoms with Gasteiger partial charge in [-0.1, -0.05) is 5.57 Å². The van der Waals surface area contributed by atoms with Gasteiger partial charge in [0.2, 0.25) is 0 Å². The molecule has 13 heavy (non-hydrogen) atoms. The first-order valence-electron chi connectivity index (χ1n) is 4.37. The van der Waals surface area contributed by atoms with Crippen molar-refractivity contribution in [2.24, 2.45) is 0 Å². The predicted molar refractivity (Wildman–Crippen MR) is 51.3 cm³/mol. The van der Waals surface area contributed by atoms with Crippen LogP contribution in [0.2, 0.25) is 0 Å². The van der Waals surface area contributed by atoms with Crippen molar-refractivity contribution in [1.29, 1.82) is 0 Å². The molecule has 0 bridgehead atoms. The van der Waals surface area contributed by atoms with Gasteiger partial charge >= 0.3 is 0 Å². The van der Waals surface area contributed by atoms with E-state index in [1.54, 1.807) is 6.08 Å². The average Bonchev–Trinajstić information content (AvgIpc) is 2.33. The molecule has 1 rings (SSSR count). The predicted octanol–water partition coefficient (Wildman–Crippen LogP) is 1.10. The Morgan fingerprint density at radius 1 is 1.38 bits per heavy atom. The maximum atomic E-state index is 10.8. The number of rotatable bonds is 4. The first-order valence-corrected chi connectivity index (χ1v) is 6.43. The number of hydrogen-bond donors (Lipinski definition) is 0. The van der Waals surface area contributed by atoms with E-state index in [9.17, 15) is 13.2 Å². The van der Waals surface area contributed by atoms with Crippen LogP contribution in [-0.2, 0) is 14.6 Å². The van der Waals surface area contributed by atoms with Crippen LogP contribution in [0.15, 0.2) is 11.6 Å². The van der Waals surface area contributed by atoms with Gasteiger partial charge in [0.1, 0.15) is 9.84 Å². The zero-order valence-corrected chi connectivity index (χ0v) is 8.56. The summed E-state index contributed by atoms with van der Waals surface area (Å²) in [5, 5.41) is 0. The number of carbonyl (C=O) groups excluding carboxylic acids is 1. The molecule has 0 aliphatic heterocycles. The average molecular weight is 202 g/mol. The molecule has 0 aromatic carbocycles. The topological polar surface area (TPSA) is 51.2 Å². The summed E-state index contributed by atoms with van der Waals surface area (Å²) < 4.78 is 21.6. The fourth-order valence-corrected chi connectivity index (χ4v) is 2.08. The Morgan fingerprint density at radius 2 is 2.08 bits per heavy atom. The number of sulfone groups is 1. The lowest BCUT2D eigenvalue weighted by atomic mass is 10.1. The molecule has 0 fully saturated rings. The molecule has 0 aromatic rings. The van der Waals surface area contributed by atoms with E-state index in [1.807, 2.05) is 0 Å². The van der Waals surface area contributed by atoms with Crippen LogP contribution < -0.4 is 0 Å². The first-order chi connectivity index (χ1) is 5.97. The summed E-state index contributed by atoms with van der Waals surface area (Å²) in [5.41, 5.74) is 1.11. The minimum atomic E-state index is -2.84. The third-order valence-electron chi connectivity index (χ3n) is 2.07. The Kier molecular flexibility index (Phi) is 3.25. The molecule has 0 saturated carbocycles. The van der Waals surface area contributed by atoms with Crippen molar-refractivity contribution in [2.45, 2.75) is 25.7 Å². The Hall–Kier alpha value is -0.640. The summed E-state index contributed by atoms with van der Waals surface area (Å²) in [4.78, 5) is 10.8. The van der Waals surface area contributed by atoms with Crippen molar-refractivity contribution in [3.05, 3.63) is 11.6 Å². The lowest BCUT2D eigenvalue weighted by Crippen LogP contribution is -2.02. The first kappa shape index (κ1) is 10.4. The molecule has 1 aliphatic rings. The highest BCUT2D eigenvalue weighted by molar-refractivity contribution is 7.90. The molecule has 74 valence electrons. The highest BCUT2D eigenvalue weighted by atomic mass is 32.2. The van der Waals surface area contributed by atoms with Crippen molar-refractivity contribution in [2.75, 3.05) is 12.0 Å². The zero-order valence-electron chi connectivity index (χ0n) is 7.75. The summed E-state index contributed by atoms with van der Waals surface area (Å²) >= 11 is 0. The normalized spacial score (nSPS) is 17.6. The second kappa shape index (κ2) is 4.05. The molecule has 4 heteroatoms. The molecule has 0 amide bonds. The van der Waals surface area contributed by atoms with Crippen molar-refractivity contribution in [3.8, 4) is 0 Å². The second-order valence-electron chi connectivity index (χ2n) is 3.50. The molecule has 0 saturated heterocycles. The van der Waals surface area contributed by atoms with Crippen LogP contribution in [-0.4, -0.2) is 26.2 Å². The van der Waals surface area contributed by atoms with Gasteiger partial charge in [0, 0.05) is 12.7 Å². The van der Waals surface area contributed by atoms with Crippen LogP contribution in [0.3, 0.4) is 0 Å². The molecule has 0 atom stereocenters. The van der Waals surface area contributed by atoms with E-state index in [0.717, 1.165) is 18.4 Å². The molecule has 1 aliphatic carbocycles. The maximum absolute atomic E-state index is 10.8. The van der Waals surface area contributed by atoms with Crippen LogP contribution in [0.1, 0.15) is 25.7 Å². The van der Waals surface area contributed by atoms with Crippen LogP contribution in [0, 0.1) is 0 Å². The van der Waals surface area contributed by atoms with Crippen LogP contribution in [0.5, 0.6) is 0 Å². The summed E-state index contributed by atoms with van der Waals surface area (Å²) in [6.45, 7) is 0. The van der Waals surface area contributed by atoms with Crippen molar-refractivity contribution in [3.63, 3.8) is 0 Å². The Balaban J connectivity index is 2.28. The minimum Gasteiger partial charge on any atom is -0.295 e. The molecule has 0 spiro atoms. The third-order valence-corrected chi connectivity index (χ3v) is 3.10. The fourth-order valence-electron chi connectivity index (χ4n) is 1.41. The van der Waals surface area contributed by atoms with Gasteiger partial charge in [-0.15, -0.1) is 0 Å².